The molecule has 0 saturated carbocycles. The third-order valence-corrected chi connectivity index (χ3v) is 2.67. The van der Waals surface area contributed by atoms with E-state index >= 15 is 0 Å². The highest BCUT2D eigenvalue weighted by Crippen LogP contribution is 2.12. The Morgan fingerprint density at radius 2 is 1.85 bits per heavy atom. The van der Waals surface area contributed by atoms with Crippen molar-refractivity contribution < 1.29 is 9.18 Å². The fraction of sp³-hybridized carbons (Fsp3) is 0.0667. The standard InChI is InChI=1S/C15H14FN3O/c1-11-6-2-5-9-14(11)18-15(20)19-17-10-12-7-3-4-8-13(12)16/h2-10H,1H3,(H2,18,19,20). The Morgan fingerprint density at radius 1 is 1.15 bits per heavy atom. The van der Waals surface area contributed by atoms with Gasteiger partial charge in [0.15, 0.2) is 0 Å². The number of carbonyl (C=O) groups excluding carboxylic acids is 1. The van der Waals surface area contributed by atoms with E-state index < -0.39 is 11.8 Å². The Labute approximate surface area is 116 Å². The lowest BCUT2D eigenvalue weighted by Gasteiger charge is -2.06. The SMILES string of the molecule is Cc1ccccc1NC(=O)NN=Cc1ccccc1F. The van der Waals surface area contributed by atoms with Crippen LogP contribution in [-0.2, 0) is 0 Å². The molecular formula is C15H14FN3O. The van der Waals surface area contributed by atoms with E-state index in [0.717, 1.165) is 5.56 Å². The van der Waals surface area contributed by atoms with E-state index in [9.17, 15) is 9.18 Å². The molecule has 2 amide bonds. The Hall–Kier alpha value is -2.69. The predicted molar refractivity (Wildman–Crippen MR) is 77.3 cm³/mol. The van der Waals surface area contributed by atoms with Crippen LogP contribution in [-0.4, -0.2) is 12.2 Å². The van der Waals surface area contributed by atoms with Crippen molar-refractivity contribution in [3.05, 3.63) is 65.5 Å². The van der Waals surface area contributed by atoms with E-state index in [1.807, 2.05) is 25.1 Å². The molecule has 0 spiro atoms. The van der Waals surface area contributed by atoms with Crippen LogP contribution in [0.25, 0.3) is 0 Å². The zero-order chi connectivity index (χ0) is 14.4. The molecule has 2 rings (SSSR count). The second-order valence-electron chi connectivity index (χ2n) is 4.16. The van der Waals surface area contributed by atoms with E-state index in [1.54, 1.807) is 24.3 Å². The van der Waals surface area contributed by atoms with Crippen LogP contribution in [0.1, 0.15) is 11.1 Å². The van der Waals surface area contributed by atoms with Crippen molar-refractivity contribution in [1.82, 2.24) is 5.43 Å². The minimum absolute atomic E-state index is 0.309. The number of benzene rings is 2. The summed E-state index contributed by atoms with van der Waals surface area (Å²) in [6.45, 7) is 1.89. The van der Waals surface area contributed by atoms with Gasteiger partial charge in [0.05, 0.1) is 6.21 Å². The van der Waals surface area contributed by atoms with Gasteiger partial charge in [-0.15, -0.1) is 0 Å². The number of hydrogen-bond acceptors (Lipinski definition) is 2. The number of rotatable bonds is 3. The molecule has 102 valence electrons. The van der Waals surface area contributed by atoms with Crippen LogP contribution >= 0.6 is 0 Å². The lowest BCUT2D eigenvalue weighted by molar-refractivity contribution is 0.252. The van der Waals surface area contributed by atoms with Crippen LogP contribution in [0, 0.1) is 12.7 Å². The Morgan fingerprint density at radius 3 is 2.60 bits per heavy atom. The molecule has 2 aromatic carbocycles. The monoisotopic (exact) mass is 271 g/mol. The third-order valence-electron chi connectivity index (χ3n) is 2.67. The van der Waals surface area contributed by atoms with Crippen molar-refractivity contribution in [2.24, 2.45) is 5.10 Å². The first-order valence-electron chi connectivity index (χ1n) is 6.07. The van der Waals surface area contributed by atoms with Crippen molar-refractivity contribution in [3.63, 3.8) is 0 Å². The first kappa shape index (κ1) is 13.7. The topological polar surface area (TPSA) is 53.5 Å². The summed E-state index contributed by atoms with van der Waals surface area (Å²) in [6.07, 6.45) is 1.26. The van der Waals surface area contributed by atoms with Crippen molar-refractivity contribution >= 4 is 17.9 Å². The quantitative estimate of drug-likeness (QED) is 0.653. The van der Waals surface area contributed by atoms with Gasteiger partial charge in [-0.2, -0.15) is 5.10 Å². The van der Waals surface area contributed by atoms with Crippen LogP contribution < -0.4 is 10.7 Å². The summed E-state index contributed by atoms with van der Waals surface area (Å²) in [5.41, 5.74) is 4.24. The van der Waals surface area contributed by atoms with Crippen molar-refractivity contribution in [2.45, 2.75) is 6.92 Å². The average molecular weight is 271 g/mol. The third kappa shape index (κ3) is 3.65. The highest BCUT2D eigenvalue weighted by molar-refractivity contribution is 5.91. The number of hydrogen-bond donors (Lipinski definition) is 2. The molecule has 0 saturated heterocycles. The first-order valence-corrected chi connectivity index (χ1v) is 6.07. The molecular weight excluding hydrogens is 257 g/mol. The first-order chi connectivity index (χ1) is 9.66. The molecule has 0 fully saturated rings. The fourth-order valence-electron chi connectivity index (χ4n) is 1.60. The van der Waals surface area contributed by atoms with Crippen LogP contribution in [0.15, 0.2) is 53.6 Å². The van der Waals surface area contributed by atoms with Gasteiger partial charge in [0.25, 0.3) is 0 Å². The zero-order valence-electron chi connectivity index (χ0n) is 10.9. The second-order valence-corrected chi connectivity index (χ2v) is 4.16. The normalized spacial score (nSPS) is 10.5. The maximum Gasteiger partial charge on any atom is 0.339 e. The zero-order valence-corrected chi connectivity index (χ0v) is 10.9. The minimum Gasteiger partial charge on any atom is -0.306 e. The summed E-state index contributed by atoms with van der Waals surface area (Å²) in [5, 5.41) is 6.35. The van der Waals surface area contributed by atoms with E-state index in [4.69, 9.17) is 0 Å². The molecule has 0 heterocycles. The molecule has 5 heteroatoms. The summed E-state index contributed by atoms with van der Waals surface area (Å²) in [6, 6.07) is 13.1. The Balaban J connectivity index is 1.93. The average Bonchev–Trinajstić information content (AvgIpc) is 2.43. The summed E-state index contributed by atoms with van der Waals surface area (Å²) in [5.74, 6) is -0.391. The number of anilines is 1. The molecule has 20 heavy (non-hydrogen) atoms. The van der Waals surface area contributed by atoms with E-state index in [2.05, 4.69) is 15.8 Å². The number of urea groups is 1. The van der Waals surface area contributed by atoms with Crippen molar-refractivity contribution in [2.75, 3.05) is 5.32 Å². The smallest absolute Gasteiger partial charge is 0.306 e. The summed E-state index contributed by atoms with van der Waals surface area (Å²) < 4.78 is 13.3. The molecule has 0 aliphatic carbocycles. The number of hydrazone groups is 1. The summed E-state index contributed by atoms with van der Waals surface area (Å²) in [4.78, 5) is 11.6. The molecule has 0 aliphatic heterocycles. The number of amides is 2. The molecule has 2 N–H and O–H groups in total. The van der Waals surface area contributed by atoms with Gasteiger partial charge in [-0.3, -0.25) is 0 Å². The van der Waals surface area contributed by atoms with E-state index in [-0.39, 0.29) is 0 Å². The predicted octanol–water partition coefficient (Wildman–Crippen LogP) is 3.29. The molecule has 0 atom stereocenters. The second kappa shape index (κ2) is 6.47. The van der Waals surface area contributed by atoms with Crippen LogP contribution in [0.3, 0.4) is 0 Å². The maximum atomic E-state index is 13.3. The lowest BCUT2D eigenvalue weighted by Crippen LogP contribution is -2.24. The van der Waals surface area contributed by atoms with Crippen LogP contribution in [0.2, 0.25) is 0 Å². The Bertz CT molecular complexity index is 641. The number of halogens is 1. The summed E-state index contributed by atoms with van der Waals surface area (Å²) in [7, 11) is 0. The van der Waals surface area contributed by atoms with Crippen molar-refractivity contribution in [3.8, 4) is 0 Å². The maximum absolute atomic E-state index is 13.3. The van der Waals surface area contributed by atoms with Crippen LogP contribution in [0.5, 0.6) is 0 Å². The van der Waals surface area contributed by atoms with Gasteiger partial charge >= 0.3 is 6.03 Å². The highest BCUT2D eigenvalue weighted by Gasteiger charge is 2.02. The molecule has 0 radical (unpaired) electrons. The lowest BCUT2D eigenvalue weighted by atomic mass is 10.2. The molecule has 0 aromatic heterocycles. The number of carbonyl (C=O) groups is 1. The van der Waals surface area contributed by atoms with E-state index in [0.29, 0.717) is 11.3 Å². The Kier molecular flexibility index (Phi) is 4.44. The molecule has 0 bridgehead atoms. The van der Waals surface area contributed by atoms with Gasteiger partial charge in [-0.1, -0.05) is 36.4 Å². The molecule has 0 unspecified atom stereocenters. The van der Waals surface area contributed by atoms with Gasteiger partial charge in [0, 0.05) is 11.3 Å². The summed E-state index contributed by atoms with van der Waals surface area (Å²) >= 11 is 0. The van der Waals surface area contributed by atoms with E-state index in [1.165, 1.54) is 12.3 Å². The van der Waals surface area contributed by atoms with Crippen LogP contribution in [0.4, 0.5) is 14.9 Å². The van der Waals surface area contributed by atoms with Gasteiger partial charge in [0.1, 0.15) is 5.82 Å². The number of nitrogens with one attached hydrogen (secondary N) is 2. The minimum atomic E-state index is -0.480. The molecule has 4 nitrogen and oxygen atoms in total. The number of para-hydroxylation sites is 1. The fourth-order valence-corrected chi connectivity index (χ4v) is 1.60. The van der Waals surface area contributed by atoms with Crippen molar-refractivity contribution in [1.29, 1.82) is 0 Å². The van der Waals surface area contributed by atoms with Gasteiger partial charge in [-0.05, 0) is 24.6 Å². The van der Waals surface area contributed by atoms with Gasteiger partial charge in [0.2, 0.25) is 0 Å². The molecule has 0 aliphatic rings. The highest BCUT2D eigenvalue weighted by atomic mass is 19.1. The number of aryl methyl sites for hydroxylation is 1. The number of nitrogens with zero attached hydrogens (tertiary/aromatic N) is 1. The molecule has 2 aromatic rings. The largest absolute Gasteiger partial charge is 0.339 e. The van der Waals surface area contributed by atoms with Gasteiger partial charge in [-0.25, -0.2) is 14.6 Å². The van der Waals surface area contributed by atoms with Gasteiger partial charge < -0.3 is 5.32 Å².